The van der Waals surface area contributed by atoms with Crippen LogP contribution >= 0.6 is 0 Å². The largest absolute Gasteiger partial charge is 0.368 e. The number of rotatable bonds is 5. The monoisotopic (exact) mass is 203 g/mol. The molecule has 1 aromatic rings. The van der Waals surface area contributed by atoms with Gasteiger partial charge in [-0.25, -0.2) is 5.10 Å². The molecule has 1 heterocycles. The van der Waals surface area contributed by atoms with Crippen LogP contribution < -0.4 is 11.1 Å². The zero-order chi connectivity index (χ0) is 9.68. The van der Waals surface area contributed by atoms with Crippen molar-refractivity contribution in [3.63, 3.8) is 0 Å². The van der Waals surface area contributed by atoms with Crippen molar-refractivity contribution in [3.05, 3.63) is 0 Å². The van der Waals surface area contributed by atoms with E-state index in [2.05, 4.69) is 20.5 Å². The molecular weight excluding hydrogens is 190 g/mol. The van der Waals surface area contributed by atoms with Gasteiger partial charge in [0.05, 0.1) is 0 Å². The first-order valence-corrected chi connectivity index (χ1v) is 5.48. The lowest BCUT2D eigenvalue weighted by molar-refractivity contribution is 0.684. The fourth-order valence-corrected chi connectivity index (χ4v) is 1.39. The maximum atomic E-state index is 11.0. The first-order valence-electron chi connectivity index (χ1n) is 3.99. The standard InChI is InChI=1S/C6H13N5OS/c1-2-13(12)4-3-8-6-9-5(7)10-11-6/h2-4H2,1H3,(H4,7,8,9,10,11). The maximum Gasteiger partial charge on any atom is 0.243 e. The zero-order valence-electron chi connectivity index (χ0n) is 7.41. The van der Waals surface area contributed by atoms with Crippen molar-refractivity contribution < 1.29 is 4.21 Å². The van der Waals surface area contributed by atoms with Gasteiger partial charge in [-0.2, -0.15) is 4.98 Å². The van der Waals surface area contributed by atoms with Crippen molar-refractivity contribution in [2.45, 2.75) is 6.92 Å². The third kappa shape index (κ3) is 3.41. The molecule has 4 N–H and O–H groups in total. The van der Waals surface area contributed by atoms with Crippen LogP contribution in [0.4, 0.5) is 11.9 Å². The first-order chi connectivity index (χ1) is 6.22. The van der Waals surface area contributed by atoms with Crippen molar-refractivity contribution in [3.8, 4) is 0 Å². The molecule has 0 saturated carbocycles. The van der Waals surface area contributed by atoms with Crippen LogP contribution in [0.25, 0.3) is 0 Å². The number of anilines is 2. The summed E-state index contributed by atoms with van der Waals surface area (Å²) in [5, 5.41) is 9.17. The highest BCUT2D eigenvalue weighted by Gasteiger charge is 1.99. The van der Waals surface area contributed by atoms with Gasteiger partial charge >= 0.3 is 0 Å². The third-order valence-electron chi connectivity index (χ3n) is 1.44. The molecule has 0 fully saturated rings. The van der Waals surface area contributed by atoms with E-state index >= 15 is 0 Å². The molecule has 0 aromatic carbocycles. The van der Waals surface area contributed by atoms with Crippen LogP contribution in [0.2, 0.25) is 0 Å². The smallest absolute Gasteiger partial charge is 0.243 e. The summed E-state index contributed by atoms with van der Waals surface area (Å²) in [6, 6.07) is 0. The Morgan fingerprint density at radius 3 is 3.00 bits per heavy atom. The SMILES string of the molecule is CCS(=O)CCNc1n[nH]c(N)n1. The molecule has 0 saturated heterocycles. The number of hydrogen-bond donors (Lipinski definition) is 3. The van der Waals surface area contributed by atoms with E-state index in [9.17, 15) is 4.21 Å². The Balaban J connectivity index is 2.24. The topological polar surface area (TPSA) is 96.7 Å². The first kappa shape index (κ1) is 9.97. The Labute approximate surface area is 78.8 Å². The molecule has 74 valence electrons. The quantitative estimate of drug-likeness (QED) is 0.603. The van der Waals surface area contributed by atoms with Gasteiger partial charge in [0.1, 0.15) is 0 Å². The molecule has 0 aliphatic rings. The van der Waals surface area contributed by atoms with E-state index in [-0.39, 0.29) is 5.95 Å². The second kappa shape index (κ2) is 4.80. The fourth-order valence-electron chi connectivity index (χ4n) is 0.774. The minimum Gasteiger partial charge on any atom is -0.368 e. The van der Waals surface area contributed by atoms with Crippen LogP contribution in [-0.4, -0.2) is 37.4 Å². The lowest BCUT2D eigenvalue weighted by Gasteiger charge is -1.99. The van der Waals surface area contributed by atoms with Crippen LogP contribution in [0.5, 0.6) is 0 Å². The molecule has 0 radical (unpaired) electrons. The summed E-state index contributed by atoms with van der Waals surface area (Å²) in [7, 11) is -0.753. The van der Waals surface area contributed by atoms with Gasteiger partial charge in [-0.3, -0.25) is 4.21 Å². The second-order valence-corrected chi connectivity index (χ2v) is 4.27. The summed E-state index contributed by atoms with van der Waals surface area (Å²) >= 11 is 0. The number of nitrogens with two attached hydrogens (primary N) is 1. The Morgan fingerprint density at radius 1 is 1.69 bits per heavy atom. The predicted octanol–water partition coefficient (Wildman–Crippen LogP) is -0.433. The predicted molar refractivity (Wildman–Crippen MR) is 52.8 cm³/mol. The van der Waals surface area contributed by atoms with Gasteiger partial charge in [0.25, 0.3) is 0 Å². The Bertz CT molecular complexity index is 286. The highest BCUT2D eigenvalue weighted by atomic mass is 32.2. The van der Waals surface area contributed by atoms with Gasteiger partial charge in [-0.05, 0) is 0 Å². The molecule has 1 atom stereocenters. The molecule has 13 heavy (non-hydrogen) atoms. The minimum absolute atomic E-state index is 0.277. The molecule has 1 rings (SSSR count). The molecule has 0 amide bonds. The molecule has 0 aliphatic carbocycles. The van der Waals surface area contributed by atoms with E-state index in [0.29, 0.717) is 24.0 Å². The number of hydrogen-bond acceptors (Lipinski definition) is 5. The molecule has 6 nitrogen and oxygen atoms in total. The number of aromatic amines is 1. The summed E-state index contributed by atoms with van der Waals surface area (Å²) in [6.07, 6.45) is 0. The normalized spacial score (nSPS) is 12.7. The van der Waals surface area contributed by atoms with Gasteiger partial charge in [0.15, 0.2) is 0 Å². The molecule has 1 aromatic heterocycles. The average molecular weight is 203 g/mol. The number of nitrogen functional groups attached to an aromatic ring is 1. The van der Waals surface area contributed by atoms with Crippen LogP contribution in [0, 0.1) is 0 Å². The fraction of sp³-hybridized carbons (Fsp3) is 0.667. The Morgan fingerprint density at radius 2 is 2.46 bits per heavy atom. The van der Waals surface area contributed by atoms with Crippen LogP contribution in [0.1, 0.15) is 6.92 Å². The van der Waals surface area contributed by atoms with Gasteiger partial charge in [0, 0.05) is 28.9 Å². The van der Waals surface area contributed by atoms with Gasteiger partial charge in [-0.15, -0.1) is 5.10 Å². The number of nitrogens with zero attached hydrogens (tertiary/aromatic N) is 2. The summed E-state index contributed by atoms with van der Waals surface area (Å²) in [5.74, 6) is 2.01. The average Bonchev–Trinajstić information content (AvgIpc) is 2.51. The summed E-state index contributed by atoms with van der Waals surface area (Å²) in [6.45, 7) is 2.48. The zero-order valence-corrected chi connectivity index (χ0v) is 8.23. The lowest BCUT2D eigenvalue weighted by atomic mass is 10.7. The Kier molecular flexibility index (Phi) is 3.69. The van der Waals surface area contributed by atoms with E-state index in [1.54, 1.807) is 0 Å². The molecule has 0 spiro atoms. The summed E-state index contributed by atoms with van der Waals surface area (Å²) in [4.78, 5) is 3.83. The van der Waals surface area contributed by atoms with E-state index in [4.69, 9.17) is 5.73 Å². The van der Waals surface area contributed by atoms with Gasteiger partial charge < -0.3 is 11.1 Å². The lowest BCUT2D eigenvalue weighted by Crippen LogP contribution is -2.12. The van der Waals surface area contributed by atoms with E-state index < -0.39 is 10.8 Å². The van der Waals surface area contributed by atoms with Crippen LogP contribution in [0.15, 0.2) is 0 Å². The van der Waals surface area contributed by atoms with Crippen molar-refractivity contribution in [2.24, 2.45) is 0 Å². The molecule has 7 heteroatoms. The molecule has 0 aliphatic heterocycles. The number of H-pyrrole nitrogens is 1. The van der Waals surface area contributed by atoms with E-state index in [0.717, 1.165) is 0 Å². The van der Waals surface area contributed by atoms with Gasteiger partial charge in [0.2, 0.25) is 11.9 Å². The summed E-state index contributed by atoms with van der Waals surface area (Å²) < 4.78 is 11.0. The van der Waals surface area contributed by atoms with Crippen molar-refractivity contribution in [2.75, 3.05) is 29.1 Å². The van der Waals surface area contributed by atoms with Gasteiger partial charge in [-0.1, -0.05) is 6.92 Å². The molecule has 1 unspecified atom stereocenters. The van der Waals surface area contributed by atoms with Crippen molar-refractivity contribution in [1.29, 1.82) is 0 Å². The number of nitrogens with one attached hydrogen (secondary N) is 2. The summed E-state index contributed by atoms with van der Waals surface area (Å²) in [5.41, 5.74) is 5.31. The van der Waals surface area contributed by atoms with Crippen molar-refractivity contribution in [1.82, 2.24) is 15.2 Å². The minimum atomic E-state index is -0.753. The molecular formula is C6H13N5OS. The van der Waals surface area contributed by atoms with Crippen LogP contribution in [0.3, 0.4) is 0 Å². The third-order valence-corrected chi connectivity index (χ3v) is 2.74. The van der Waals surface area contributed by atoms with E-state index in [1.165, 1.54) is 0 Å². The second-order valence-electron chi connectivity index (χ2n) is 2.40. The maximum absolute atomic E-state index is 11.0. The molecule has 0 bridgehead atoms. The highest BCUT2D eigenvalue weighted by molar-refractivity contribution is 7.84. The Hall–Kier alpha value is -1.11. The van der Waals surface area contributed by atoms with E-state index in [1.807, 2.05) is 6.92 Å². The number of aromatic nitrogens is 3. The van der Waals surface area contributed by atoms with Crippen LogP contribution in [-0.2, 0) is 10.8 Å². The van der Waals surface area contributed by atoms with Crippen molar-refractivity contribution >= 4 is 22.7 Å². The highest BCUT2D eigenvalue weighted by Crippen LogP contribution is 1.97.